The van der Waals surface area contributed by atoms with Crippen molar-refractivity contribution in [3.63, 3.8) is 0 Å². The van der Waals surface area contributed by atoms with Crippen LogP contribution in [0.2, 0.25) is 0 Å². The van der Waals surface area contributed by atoms with Crippen molar-refractivity contribution in [2.24, 2.45) is 5.73 Å². The second-order valence-electron chi connectivity index (χ2n) is 3.83. The highest BCUT2D eigenvalue weighted by molar-refractivity contribution is 7.99. The highest BCUT2D eigenvalue weighted by Gasteiger charge is 2.40. The molecule has 4 nitrogen and oxygen atoms in total. The van der Waals surface area contributed by atoms with Gasteiger partial charge in [0, 0.05) is 17.8 Å². The van der Waals surface area contributed by atoms with Crippen molar-refractivity contribution in [3.8, 4) is 0 Å². The molecule has 0 amide bonds. The number of ether oxygens (including phenoxy) is 1. The maximum atomic E-state index is 9.74. The summed E-state index contributed by atoms with van der Waals surface area (Å²) < 4.78 is 5.54. The zero-order chi connectivity index (χ0) is 11.6. The third kappa shape index (κ3) is 3.22. The van der Waals surface area contributed by atoms with Crippen LogP contribution in [0.3, 0.4) is 0 Å². The number of hydrogen-bond acceptors (Lipinski definition) is 5. The van der Waals surface area contributed by atoms with Crippen molar-refractivity contribution in [1.29, 1.82) is 0 Å². The molecule has 1 fully saturated rings. The van der Waals surface area contributed by atoms with E-state index in [9.17, 15) is 10.2 Å². The first-order valence-electron chi connectivity index (χ1n) is 4.91. The van der Waals surface area contributed by atoms with Gasteiger partial charge in [-0.15, -0.1) is 23.4 Å². The number of aliphatic hydroxyl groups is 2. The minimum atomic E-state index is -0.750. The monoisotopic (exact) mass is 255 g/mol. The fraction of sp³-hybridized carbons (Fsp3) is 1.00. The molecule has 5 unspecified atom stereocenters. The molecule has 90 valence electrons. The number of aliphatic hydroxyl groups excluding tert-OH is 2. The number of halogens is 1. The Hall–Kier alpha value is 0.480. The van der Waals surface area contributed by atoms with Crippen molar-refractivity contribution in [2.75, 3.05) is 6.26 Å². The van der Waals surface area contributed by atoms with E-state index in [0.29, 0.717) is 0 Å². The van der Waals surface area contributed by atoms with Gasteiger partial charge in [0.15, 0.2) is 0 Å². The van der Waals surface area contributed by atoms with Crippen molar-refractivity contribution in [2.45, 2.75) is 48.5 Å². The van der Waals surface area contributed by atoms with Gasteiger partial charge in [0.25, 0.3) is 0 Å². The molecule has 15 heavy (non-hydrogen) atoms. The molecule has 0 aromatic rings. The van der Waals surface area contributed by atoms with Gasteiger partial charge in [-0.2, -0.15) is 0 Å². The quantitative estimate of drug-likeness (QED) is 0.626. The summed E-state index contributed by atoms with van der Waals surface area (Å²) in [5, 5.41) is 19.1. The molecule has 1 aliphatic rings. The molecule has 6 heteroatoms. The normalized spacial score (nSPS) is 41.2. The summed E-state index contributed by atoms with van der Waals surface area (Å²) in [5.74, 6) is 0. The molecule has 4 N–H and O–H groups in total. The van der Waals surface area contributed by atoms with Gasteiger partial charge < -0.3 is 20.7 Å². The van der Waals surface area contributed by atoms with Gasteiger partial charge in [-0.3, -0.25) is 0 Å². The van der Waals surface area contributed by atoms with Crippen LogP contribution in [-0.4, -0.2) is 51.6 Å². The van der Waals surface area contributed by atoms with Gasteiger partial charge in [0.2, 0.25) is 0 Å². The summed E-state index contributed by atoms with van der Waals surface area (Å²) in [4.78, 5) is 0. The fourth-order valence-electron chi connectivity index (χ4n) is 1.65. The second kappa shape index (κ2) is 5.70. The highest BCUT2D eigenvalue weighted by Crippen LogP contribution is 2.28. The van der Waals surface area contributed by atoms with Crippen molar-refractivity contribution in [1.82, 2.24) is 0 Å². The predicted molar refractivity (Wildman–Crippen MR) is 62.1 cm³/mol. The first-order valence-corrected chi connectivity index (χ1v) is 6.63. The van der Waals surface area contributed by atoms with Gasteiger partial charge in [-0.25, -0.2) is 0 Å². The van der Waals surface area contributed by atoms with Crippen LogP contribution in [0.1, 0.15) is 13.3 Å². The van der Waals surface area contributed by atoms with Gasteiger partial charge in [0.05, 0.1) is 12.2 Å². The van der Waals surface area contributed by atoms with Gasteiger partial charge in [-0.1, -0.05) is 0 Å². The molecule has 0 aliphatic carbocycles. The predicted octanol–water partition coefficient (Wildman–Crippen LogP) is 0.141. The summed E-state index contributed by atoms with van der Waals surface area (Å²) >= 11 is 7.28. The van der Waals surface area contributed by atoms with E-state index in [0.717, 1.165) is 0 Å². The third-order valence-corrected chi connectivity index (χ3v) is 3.79. The SMILES string of the molecule is CSC1OC(C(N)C(C)Cl)[C@@H](O)CC1O. The summed E-state index contributed by atoms with van der Waals surface area (Å²) in [5.41, 5.74) is 5.50. The Balaban J connectivity index is 2.64. The number of hydrogen-bond donors (Lipinski definition) is 3. The van der Waals surface area contributed by atoms with Crippen LogP contribution >= 0.6 is 23.4 Å². The molecular formula is C9H18ClNO3S. The standard InChI is InChI=1S/C9H18ClNO3S/c1-4(10)7(11)8-5(12)3-6(13)9(14-8)15-2/h4-9,12-13H,3,11H2,1-2H3/t4?,5-,6?,7?,8?,9?/m0/s1. The number of thioether (sulfide) groups is 1. The van der Waals surface area contributed by atoms with E-state index < -0.39 is 24.4 Å². The molecule has 1 rings (SSSR count). The van der Waals surface area contributed by atoms with E-state index in [-0.39, 0.29) is 17.2 Å². The van der Waals surface area contributed by atoms with E-state index in [1.165, 1.54) is 11.8 Å². The fourth-order valence-corrected chi connectivity index (χ4v) is 2.46. The Morgan fingerprint density at radius 3 is 2.53 bits per heavy atom. The van der Waals surface area contributed by atoms with E-state index in [1.807, 2.05) is 6.26 Å². The summed E-state index contributed by atoms with van der Waals surface area (Å²) in [7, 11) is 0. The largest absolute Gasteiger partial charge is 0.390 e. The number of rotatable bonds is 3. The van der Waals surface area contributed by atoms with Crippen molar-refractivity contribution >= 4 is 23.4 Å². The zero-order valence-electron chi connectivity index (χ0n) is 8.84. The zero-order valence-corrected chi connectivity index (χ0v) is 10.4. The third-order valence-electron chi connectivity index (χ3n) is 2.61. The van der Waals surface area contributed by atoms with Crippen molar-refractivity contribution < 1.29 is 14.9 Å². The van der Waals surface area contributed by atoms with Crippen LogP contribution in [0.4, 0.5) is 0 Å². The average Bonchev–Trinajstić information content (AvgIpc) is 2.17. The molecule has 0 aromatic carbocycles. The minimum Gasteiger partial charge on any atom is -0.390 e. The molecule has 1 heterocycles. The van der Waals surface area contributed by atoms with Crippen LogP contribution in [0.25, 0.3) is 0 Å². The molecular weight excluding hydrogens is 238 g/mol. The average molecular weight is 256 g/mol. The maximum Gasteiger partial charge on any atom is 0.129 e. The summed E-state index contributed by atoms with van der Waals surface area (Å²) in [6, 6.07) is -0.427. The first kappa shape index (κ1) is 13.5. The lowest BCUT2D eigenvalue weighted by molar-refractivity contribution is -0.144. The molecule has 0 spiro atoms. The van der Waals surface area contributed by atoms with Gasteiger partial charge >= 0.3 is 0 Å². The molecule has 0 bridgehead atoms. The maximum absolute atomic E-state index is 9.74. The lowest BCUT2D eigenvalue weighted by atomic mass is 9.96. The Labute approximate surface area is 99.1 Å². The lowest BCUT2D eigenvalue weighted by Crippen LogP contribution is -2.56. The second-order valence-corrected chi connectivity index (χ2v) is 5.45. The Kier molecular flexibility index (Phi) is 5.15. The molecule has 0 radical (unpaired) electrons. The molecule has 6 atom stereocenters. The lowest BCUT2D eigenvalue weighted by Gasteiger charge is -2.39. The Morgan fingerprint density at radius 1 is 1.47 bits per heavy atom. The smallest absolute Gasteiger partial charge is 0.129 e. The first-order chi connectivity index (χ1) is 6.97. The number of nitrogens with two attached hydrogens (primary N) is 1. The minimum absolute atomic E-state index is 0.276. The van der Waals surface area contributed by atoms with E-state index in [2.05, 4.69) is 0 Å². The van der Waals surface area contributed by atoms with Crippen LogP contribution in [0, 0.1) is 0 Å². The van der Waals surface area contributed by atoms with Gasteiger partial charge in [-0.05, 0) is 13.2 Å². The van der Waals surface area contributed by atoms with Crippen LogP contribution < -0.4 is 5.73 Å². The van der Waals surface area contributed by atoms with E-state index >= 15 is 0 Å². The molecule has 1 saturated heterocycles. The van der Waals surface area contributed by atoms with Crippen LogP contribution in [0.15, 0.2) is 0 Å². The van der Waals surface area contributed by atoms with Crippen LogP contribution in [-0.2, 0) is 4.74 Å². The Morgan fingerprint density at radius 2 is 2.07 bits per heavy atom. The molecule has 0 saturated carbocycles. The van der Waals surface area contributed by atoms with Gasteiger partial charge in [0.1, 0.15) is 11.5 Å². The molecule has 1 aliphatic heterocycles. The van der Waals surface area contributed by atoms with E-state index in [4.69, 9.17) is 22.1 Å². The summed E-state index contributed by atoms with van der Waals surface area (Å²) in [6.45, 7) is 1.77. The summed E-state index contributed by atoms with van der Waals surface area (Å²) in [6.07, 6.45) is 0.230. The Bertz CT molecular complexity index is 208. The molecule has 0 aromatic heterocycles. The topological polar surface area (TPSA) is 75.7 Å². The van der Waals surface area contributed by atoms with Crippen molar-refractivity contribution in [3.05, 3.63) is 0 Å². The number of alkyl halides is 1. The van der Waals surface area contributed by atoms with Crippen LogP contribution in [0.5, 0.6) is 0 Å². The highest BCUT2D eigenvalue weighted by atomic mass is 35.5. The van der Waals surface area contributed by atoms with E-state index in [1.54, 1.807) is 6.92 Å².